The highest BCUT2D eigenvalue weighted by atomic mass is 16.3. The van der Waals surface area contributed by atoms with Gasteiger partial charge in [0, 0.05) is 18.5 Å². The summed E-state index contributed by atoms with van der Waals surface area (Å²) in [5.74, 6) is 0.0161. The van der Waals surface area contributed by atoms with Crippen molar-refractivity contribution in [1.29, 1.82) is 0 Å². The lowest BCUT2D eigenvalue weighted by molar-refractivity contribution is -0.136. The molecule has 1 N–H and O–H groups in total. The van der Waals surface area contributed by atoms with E-state index in [1.54, 1.807) is 0 Å². The Morgan fingerprint density at radius 1 is 1.05 bits per heavy atom. The molecule has 0 saturated carbocycles. The summed E-state index contributed by atoms with van der Waals surface area (Å²) in [6.45, 7) is 10.0. The average molecular weight is 277 g/mol. The molecule has 0 aliphatic heterocycles. The van der Waals surface area contributed by atoms with E-state index in [1.807, 2.05) is 69.9 Å². The van der Waals surface area contributed by atoms with Crippen LogP contribution < -0.4 is 0 Å². The Bertz CT molecular complexity index is 406. The first-order valence-electron chi connectivity index (χ1n) is 7.38. The monoisotopic (exact) mass is 277 g/mol. The first kappa shape index (κ1) is 16.7. The van der Waals surface area contributed by atoms with E-state index in [-0.39, 0.29) is 23.9 Å². The van der Waals surface area contributed by atoms with Crippen molar-refractivity contribution >= 4 is 5.91 Å². The van der Waals surface area contributed by atoms with Gasteiger partial charge in [-0.15, -0.1) is 0 Å². The van der Waals surface area contributed by atoms with Crippen LogP contribution in [0.2, 0.25) is 0 Å². The SMILES string of the molecule is CC(C)N(C(=O)C[C@H](C)[C@@H](O)c1ccccc1)C(C)C. The van der Waals surface area contributed by atoms with E-state index in [2.05, 4.69) is 0 Å². The van der Waals surface area contributed by atoms with Gasteiger partial charge in [-0.1, -0.05) is 37.3 Å². The Balaban J connectivity index is 2.70. The van der Waals surface area contributed by atoms with Crippen molar-refractivity contribution < 1.29 is 9.90 Å². The van der Waals surface area contributed by atoms with Gasteiger partial charge in [0.1, 0.15) is 0 Å². The number of benzene rings is 1. The third-order valence-electron chi connectivity index (χ3n) is 3.58. The number of amides is 1. The lowest BCUT2D eigenvalue weighted by atomic mass is 9.94. The molecule has 0 saturated heterocycles. The van der Waals surface area contributed by atoms with Gasteiger partial charge in [-0.25, -0.2) is 0 Å². The zero-order valence-corrected chi connectivity index (χ0v) is 13.2. The molecule has 1 rings (SSSR count). The van der Waals surface area contributed by atoms with Gasteiger partial charge in [-0.3, -0.25) is 4.79 Å². The van der Waals surface area contributed by atoms with Gasteiger partial charge in [-0.05, 0) is 39.2 Å². The molecule has 0 aliphatic rings. The number of carbonyl (C=O) groups excluding carboxylic acids is 1. The number of hydrogen-bond donors (Lipinski definition) is 1. The molecule has 0 unspecified atom stereocenters. The number of nitrogens with zero attached hydrogens (tertiary/aromatic N) is 1. The van der Waals surface area contributed by atoms with E-state index in [1.165, 1.54) is 0 Å². The maximum Gasteiger partial charge on any atom is 0.223 e. The van der Waals surface area contributed by atoms with Crippen molar-refractivity contribution in [3.63, 3.8) is 0 Å². The Morgan fingerprint density at radius 2 is 1.55 bits per heavy atom. The average Bonchev–Trinajstić information content (AvgIpc) is 2.37. The van der Waals surface area contributed by atoms with Gasteiger partial charge < -0.3 is 10.0 Å². The number of carbonyl (C=O) groups is 1. The minimum Gasteiger partial charge on any atom is -0.388 e. The fourth-order valence-corrected chi connectivity index (χ4v) is 2.64. The molecule has 112 valence electrons. The summed E-state index contributed by atoms with van der Waals surface area (Å²) in [4.78, 5) is 14.3. The summed E-state index contributed by atoms with van der Waals surface area (Å²) in [7, 11) is 0. The summed E-state index contributed by atoms with van der Waals surface area (Å²) >= 11 is 0. The second-order valence-electron chi connectivity index (χ2n) is 6.03. The van der Waals surface area contributed by atoms with E-state index in [9.17, 15) is 9.90 Å². The number of aliphatic hydroxyl groups excluding tert-OH is 1. The standard InChI is InChI=1S/C17H27NO2/c1-12(2)18(13(3)4)16(19)11-14(5)17(20)15-9-7-6-8-10-15/h6-10,12-14,17,20H,11H2,1-5H3/t14-,17+/m0/s1. The van der Waals surface area contributed by atoms with Crippen LogP contribution in [0.1, 0.15) is 52.7 Å². The summed E-state index contributed by atoms with van der Waals surface area (Å²) in [5.41, 5.74) is 0.869. The third-order valence-corrected chi connectivity index (χ3v) is 3.58. The number of rotatable bonds is 6. The molecule has 0 aliphatic carbocycles. The van der Waals surface area contributed by atoms with Crippen LogP contribution in [-0.2, 0) is 4.79 Å². The van der Waals surface area contributed by atoms with Crippen LogP contribution in [0.4, 0.5) is 0 Å². The molecular formula is C17H27NO2. The predicted octanol–water partition coefficient (Wildman–Crippen LogP) is 3.39. The smallest absolute Gasteiger partial charge is 0.223 e. The molecule has 1 amide bonds. The van der Waals surface area contributed by atoms with Crippen molar-refractivity contribution in [2.45, 2.75) is 59.2 Å². The highest BCUT2D eigenvalue weighted by Crippen LogP contribution is 2.25. The lowest BCUT2D eigenvalue weighted by Gasteiger charge is -2.32. The lowest BCUT2D eigenvalue weighted by Crippen LogP contribution is -2.42. The molecule has 0 bridgehead atoms. The van der Waals surface area contributed by atoms with Gasteiger partial charge in [0.2, 0.25) is 5.91 Å². The van der Waals surface area contributed by atoms with Gasteiger partial charge >= 0.3 is 0 Å². The van der Waals surface area contributed by atoms with Gasteiger partial charge in [0.25, 0.3) is 0 Å². The molecule has 2 atom stereocenters. The van der Waals surface area contributed by atoms with E-state index in [4.69, 9.17) is 0 Å². The van der Waals surface area contributed by atoms with Crippen LogP contribution in [0.3, 0.4) is 0 Å². The quantitative estimate of drug-likeness (QED) is 0.866. The molecular weight excluding hydrogens is 250 g/mol. The minimum atomic E-state index is -0.596. The van der Waals surface area contributed by atoms with E-state index in [0.29, 0.717) is 6.42 Å². The minimum absolute atomic E-state index is 0.0927. The zero-order chi connectivity index (χ0) is 15.3. The van der Waals surface area contributed by atoms with Crippen LogP contribution >= 0.6 is 0 Å². The molecule has 20 heavy (non-hydrogen) atoms. The number of hydrogen-bond acceptors (Lipinski definition) is 2. The van der Waals surface area contributed by atoms with Crippen LogP contribution in [0, 0.1) is 5.92 Å². The molecule has 0 aromatic heterocycles. The van der Waals surface area contributed by atoms with E-state index in [0.717, 1.165) is 5.56 Å². The largest absolute Gasteiger partial charge is 0.388 e. The molecule has 0 heterocycles. The normalized spacial score (nSPS) is 14.4. The van der Waals surface area contributed by atoms with E-state index >= 15 is 0 Å². The fourth-order valence-electron chi connectivity index (χ4n) is 2.64. The molecule has 3 heteroatoms. The second kappa shape index (κ2) is 7.44. The Labute approximate surface area is 122 Å². The van der Waals surface area contributed by atoms with Gasteiger partial charge in [0.15, 0.2) is 0 Å². The van der Waals surface area contributed by atoms with Crippen LogP contribution in [-0.4, -0.2) is 28.0 Å². The molecule has 3 nitrogen and oxygen atoms in total. The second-order valence-corrected chi connectivity index (χ2v) is 6.03. The summed E-state index contributed by atoms with van der Waals surface area (Å²) < 4.78 is 0. The number of aliphatic hydroxyl groups is 1. The van der Waals surface area contributed by atoms with Crippen molar-refractivity contribution in [2.24, 2.45) is 5.92 Å². The molecule has 1 aromatic carbocycles. The first-order valence-corrected chi connectivity index (χ1v) is 7.38. The zero-order valence-electron chi connectivity index (χ0n) is 13.2. The van der Waals surface area contributed by atoms with Crippen LogP contribution in [0.25, 0.3) is 0 Å². The van der Waals surface area contributed by atoms with Crippen LogP contribution in [0.5, 0.6) is 0 Å². The highest BCUT2D eigenvalue weighted by molar-refractivity contribution is 5.77. The predicted molar refractivity (Wildman–Crippen MR) is 82.3 cm³/mol. The maximum absolute atomic E-state index is 12.4. The summed E-state index contributed by atoms with van der Waals surface area (Å²) in [6.07, 6.45) is -0.229. The molecule has 1 aromatic rings. The van der Waals surface area contributed by atoms with Crippen molar-refractivity contribution in [2.75, 3.05) is 0 Å². The first-order chi connectivity index (χ1) is 9.34. The summed E-state index contributed by atoms with van der Waals surface area (Å²) in [5, 5.41) is 10.3. The third kappa shape index (κ3) is 4.34. The van der Waals surface area contributed by atoms with Gasteiger partial charge in [0.05, 0.1) is 6.10 Å². The fraction of sp³-hybridized carbons (Fsp3) is 0.588. The molecule has 0 fully saturated rings. The Kier molecular flexibility index (Phi) is 6.21. The molecule has 0 spiro atoms. The van der Waals surface area contributed by atoms with Gasteiger partial charge in [-0.2, -0.15) is 0 Å². The van der Waals surface area contributed by atoms with E-state index < -0.39 is 6.10 Å². The molecule has 0 radical (unpaired) electrons. The Morgan fingerprint density at radius 3 is 2.00 bits per heavy atom. The topological polar surface area (TPSA) is 40.5 Å². The highest BCUT2D eigenvalue weighted by Gasteiger charge is 2.25. The van der Waals surface area contributed by atoms with Crippen molar-refractivity contribution in [1.82, 2.24) is 4.90 Å². The van der Waals surface area contributed by atoms with Crippen molar-refractivity contribution in [3.8, 4) is 0 Å². The van der Waals surface area contributed by atoms with Crippen molar-refractivity contribution in [3.05, 3.63) is 35.9 Å². The van der Waals surface area contributed by atoms with Crippen LogP contribution in [0.15, 0.2) is 30.3 Å². The summed E-state index contributed by atoms with van der Waals surface area (Å²) in [6, 6.07) is 9.89. The maximum atomic E-state index is 12.4. The Hall–Kier alpha value is -1.35.